The van der Waals surface area contributed by atoms with Gasteiger partial charge in [0.1, 0.15) is 12.1 Å². The van der Waals surface area contributed by atoms with Crippen LogP contribution in [0.15, 0.2) is 65.5 Å². The zero-order chi connectivity index (χ0) is 22.8. The van der Waals surface area contributed by atoms with Crippen molar-refractivity contribution in [2.75, 3.05) is 5.32 Å². The van der Waals surface area contributed by atoms with Crippen LogP contribution in [0.1, 0.15) is 22.5 Å². The molecule has 0 aliphatic heterocycles. The molecular weight excluding hydrogens is 483 g/mol. The van der Waals surface area contributed by atoms with Crippen molar-refractivity contribution in [2.45, 2.75) is 19.5 Å². The highest BCUT2D eigenvalue weighted by atomic mass is 35.5. The normalized spacial score (nSPS) is 11.2. The van der Waals surface area contributed by atoms with Gasteiger partial charge >= 0.3 is 0 Å². The van der Waals surface area contributed by atoms with Crippen LogP contribution in [0.5, 0.6) is 0 Å². The first kappa shape index (κ1) is 21.7. The number of benzene rings is 2. The fourth-order valence-corrected chi connectivity index (χ4v) is 4.30. The maximum atomic E-state index is 6.59. The smallest absolute Gasteiger partial charge is 0.184 e. The molecule has 7 nitrogen and oxygen atoms in total. The minimum atomic E-state index is 0.409. The fraction of sp³-hybridized carbons (Fsp3) is 0.130. The second kappa shape index (κ2) is 9.39. The lowest BCUT2D eigenvalue weighted by Gasteiger charge is -2.11. The van der Waals surface area contributed by atoms with Gasteiger partial charge in [-0.15, -0.1) is 5.10 Å². The lowest BCUT2D eigenvalue weighted by atomic mass is 10.0. The number of aromatic nitrogens is 5. The van der Waals surface area contributed by atoms with Crippen LogP contribution in [0.3, 0.4) is 0 Å². The summed E-state index contributed by atoms with van der Waals surface area (Å²) in [6.07, 6.45) is 3.71. The molecule has 5 aromatic rings. The third-order valence-electron chi connectivity index (χ3n) is 5.14. The molecule has 3 aromatic heterocycles. The molecule has 10 heteroatoms. The zero-order valence-corrected chi connectivity index (χ0v) is 19.4. The first-order valence-electron chi connectivity index (χ1n) is 10.1. The summed E-state index contributed by atoms with van der Waals surface area (Å²) < 4.78 is 7.04. The highest BCUT2D eigenvalue weighted by Gasteiger charge is 2.15. The van der Waals surface area contributed by atoms with Gasteiger partial charge in [0.25, 0.3) is 0 Å². The van der Waals surface area contributed by atoms with E-state index in [1.165, 1.54) is 6.33 Å². The van der Waals surface area contributed by atoms with E-state index in [4.69, 9.17) is 39.2 Å². The molecule has 1 N–H and O–H groups in total. The Morgan fingerprint density at radius 2 is 1.73 bits per heavy atom. The van der Waals surface area contributed by atoms with Crippen LogP contribution >= 0.6 is 34.8 Å². The van der Waals surface area contributed by atoms with Gasteiger partial charge in [0.15, 0.2) is 17.0 Å². The second-order valence-corrected chi connectivity index (χ2v) is 8.67. The Morgan fingerprint density at radius 3 is 2.45 bits per heavy atom. The van der Waals surface area contributed by atoms with Crippen LogP contribution < -0.4 is 5.32 Å². The number of hydrogen-bond acceptors (Lipinski definition) is 6. The van der Waals surface area contributed by atoms with Crippen molar-refractivity contribution in [3.05, 3.63) is 98.6 Å². The van der Waals surface area contributed by atoms with Crippen LogP contribution in [0.2, 0.25) is 15.1 Å². The predicted molar refractivity (Wildman–Crippen MR) is 129 cm³/mol. The topological polar surface area (TPSA) is 81.7 Å². The Kier molecular flexibility index (Phi) is 6.17. The molecule has 0 saturated heterocycles. The molecule has 0 radical (unpaired) electrons. The molecule has 166 valence electrons. The quantitative estimate of drug-likeness (QED) is 0.295. The Labute approximate surface area is 204 Å². The van der Waals surface area contributed by atoms with Crippen LogP contribution in [0, 0.1) is 0 Å². The SMILES string of the molecule is Clc1ccc(Cc2c(Cl)cc(Cn3nnc4c(NCc5ccco5)ncnc43)cc2Cl)cc1. The van der Waals surface area contributed by atoms with E-state index in [0.29, 0.717) is 51.6 Å². The standard InChI is InChI=1S/C23H17Cl3N6O/c24-16-5-3-14(4-6-16)8-18-19(25)9-15(10-20(18)26)12-32-23-21(30-31-32)22(28-13-29-23)27-11-17-2-1-7-33-17/h1-7,9-10,13H,8,11-12H2,(H,27,28,29). The number of furan rings is 1. The van der Waals surface area contributed by atoms with Crippen LogP contribution in [0.4, 0.5) is 5.82 Å². The van der Waals surface area contributed by atoms with Gasteiger partial charge < -0.3 is 9.73 Å². The molecule has 33 heavy (non-hydrogen) atoms. The summed E-state index contributed by atoms with van der Waals surface area (Å²) in [4.78, 5) is 8.64. The Balaban J connectivity index is 1.37. The Morgan fingerprint density at radius 1 is 0.939 bits per heavy atom. The number of halogens is 3. The van der Waals surface area contributed by atoms with Crippen molar-refractivity contribution in [2.24, 2.45) is 0 Å². The minimum Gasteiger partial charge on any atom is -0.467 e. The molecule has 0 aliphatic rings. The molecule has 0 saturated carbocycles. The first-order valence-corrected chi connectivity index (χ1v) is 11.2. The zero-order valence-electron chi connectivity index (χ0n) is 17.2. The van der Waals surface area contributed by atoms with Gasteiger partial charge in [0.2, 0.25) is 0 Å². The van der Waals surface area contributed by atoms with Gasteiger partial charge in [0, 0.05) is 21.5 Å². The summed E-state index contributed by atoms with van der Waals surface area (Å²) in [6, 6.07) is 15.1. The lowest BCUT2D eigenvalue weighted by Crippen LogP contribution is -2.05. The van der Waals surface area contributed by atoms with Crippen molar-refractivity contribution >= 4 is 51.8 Å². The number of hydrogen-bond donors (Lipinski definition) is 1. The molecule has 0 aliphatic carbocycles. The van der Waals surface area contributed by atoms with E-state index < -0.39 is 0 Å². The molecule has 0 unspecified atom stereocenters. The molecule has 2 aromatic carbocycles. The summed E-state index contributed by atoms with van der Waals surface area (Å²) in [7, 11) is 0. The van der Waals surface area contributed by atoms with E-state index in [1.54, 1.807) is 10.9 Å². The van der Waals surface area contributed by atoms with Gasteiger partial charge in [-0.2, -0.15) is 0 Å². The number of anilines is 1. The van der Waals surface area contributed by atoms with E-state index in [2.05, 4.69) is 25.6 Å². The number of rotatable bonds is 7. The molecule has 0 atom stereocenters. The fourth-order valence-electron chi connectivity index (χ4n) is 3.51. The first-order chi connectivity index (χ1) is 16.1. The molecule has 3 heterocycles. The third-order valence-corrected chi connectivity index (χ3v) is 6.06. The van der Waals surface area contributed by atoms with Gasteiger partial charge in [-0.25, -0.2) is 14.6 Å². The van der Waals surface area contributed by atoms with Crippen molar-refractivity contribution in [3.63, 3.8) is 0 Å². The van der Waals surface area contributed by atoms with Crippen molar-refractivity contribution in [3.8, 4) is 0 Å². The maximum absolute atomic E-state index is 6.59. The third kappa shape index (κ3) is 4.80. The van der Waals surface area contributed by atoms with E-state index in [1.807, 2.05) is 48.5 Å². The Bertz CT molecular complexity index is 1380. The second-order valence-electron chi connectivity index (χ2n) is 7.42. The van der Waals surface area contributed by atoms with E-state index >= 15 is 0 Å². The predicted octanol–water partition coefficient (Wildman–Crippen LogP) is 6.03. The highest BCUT2D eigenvalue weighted by Crippen LogP contribution is 2.30. The maximum Gasteiger partial charge on any atom is 0.184 e. The summed E-state index contributed by atoms with van der Waals surface area (Å²) in [5.41, 5.74) is 3.99. The van der Waals surface area contributed by atoms with Gasteiger partial charge in [-0.3, -0.25) is 0 Å². The van der Waals surface area contributed by atoms with Gasteiger partial charge in [-0.1, -0.05) is 52.1 Å². The van der Waals surface area contributed by atoms with Crippen LogP contribution in [-0.4, -0.2) is 25.0 Å². The van der Waals surface area contributed by atoms with Crippen LogP contribution in [-0.2, 0) is 19.5 Å². The number of fused-ring (bicyclic) bond motifs is 1. The molecule has 0 spiro atoms. The summed E-state index contributed by atoms with van der Waals surface area (Å²) in [5.74, 6) is 1.37. The van der Waals surface area contributed by atoms with Gasteiger partial charge in [-0.05, 0) is 53.1 Å². The number of nitrogens with zero attached hydrogens (tertiary/aromatic N) is 5. The Hall–Kier alpha value is -3.13. The summed E-state index contributed by atoms with van der Waals surface area (Å²) >= 11 is 19.2. The largest absolute Gasteiger partial charge is 0.467 e. The minimum absolute atomic E-state index is 0.409. The summed E-state index contributed by atoms with van der Waals surface area (Å²) in [5, 5.41) is 13.6. The van der Waals surface area contributed by atoms with Crippen molar-refractivity contribution < 1.29 is 4.42 Å². The van der Waals surface area contributed by atoms with Crippen molar-refractivity contribution in [1.29, 1.82) is 0 Å². The summed E-state index contributed by atoms with van der Waals surface area (Å²) in [6.45, 7) is 0.887. The molecule has 0 bridgehead atoms. The average Bonchev–Trinajstić information content (AvgIpc) is 3.47. The average molecular weight is 500 g/mol. The van der Waals surface area contributed by atoms with Crippen LogP contribution in [0.25, 0.3) is 11.2 Å². The van der Waals surface area contributed by atoms with Gasteiger partial charge in [0.05, 0.1) is 19.4 Å². The van der Waals surface area contributed by atoms with Crippen molar-refractivity contribution in [1.82, 2.24) is 25.0 Å². The molecule has 5 rings (SSSR count). The highest BCUT2D eigenvalue weighted by molar-refractivity contribution is 6.36. The van der Waals surface area contributed by atoms with E-state index in [0.717, 1.165) is 22.5 Å². The van der Waals surface area contributed by atoms with E-state index in [-0.39, 0.29) is 0 Å². The number of nitrogens with one attached hydrogen (secondary N) is 1. The molecular formula is C23H17Cl3N6O. The molecule has 0 amide bonds. The monoisotopic (exact) mass is 498 g/mol. The van der Waals surface area contributed by atoms with E-state index in [9.17, 15) is 0 Å². The lowest BCUT2D eigenvalue weighted by molar-refractivity contribution is 0.518. The molecule has 0 fully saturated rings.